The largest absolute Gasteiger partial charge is 0.336 e. The van der Waals surface area contributed by atoms with Gasteiger partial charge in [0.15, 0.2) is 0 Å². The number of fused-ring (bicyclic) bond motifs is 1. The van der Waals surface area contributed by atoms with Crippen LogP contribution in [0.5, 0.6) is 0 Å². The molecule has 1 saturated carbocycles. The lowest BCUT2D eigenvalue weighted by atomic mass is 9.72. The van der Waals surface area contributed by atoms with Crippen LogP contribution in [-0.2, 0) is 14.5 Å². The third-order valence-electron chi connectivity index (χ3n) is 3.62. The van der Waals surface area contributed by atoms with Gasteiger partial charge in [-0.3, -0.25) is 4.18 Å². The average molecular weight is 233 g/mol. The van der Waals surface area contributed by atoms with Crippen molar-refractivity contribution >= 4 is 10.3 Å². The first-order valence-electron chi connectivity index (χ1n) is 5.52. The molecule has 1 aliphatic carbocycles. The monoisotopic (exact) mass is 233 g/mol. The van der Waals surface area contributed by atoms with Gasteiger partial charge in [-0.1, -0.05) is 13.3 Å². The molecule has 4 nitrogen and oxygen atoms in total. The molecule has 88 valence electrons. The van der Waals surface area contributed by atoms with E-state index in [0.29, 0.717) is 11.8 Å². The number of hydrogen-bond donors (Lipinski definition) is 1. The fourth-order valence-corrected chi connectivity index (χ4v) is 4.23. The fourth-order valence-electron chi connectivity index (χ4n) is 2.85. The molecule has 0 aromatic rings. The maximum atomic E-state index is 11.5. The second-order valence-corrected chi connectivity index (χ2v) is 6.74. The van der Waals surface area contributed by atoms with Gasteiger partial charge in [0.05, 0.1) is 6.10 Å². The van der Waals surface area contributed by atoms with Gasteiger partial charge in [-0.25, -0.2) is 0 Å². The Bertz CT molecular complexity index is 350. The summed E-state index contributed by atoms with van der Waals surface area (Å²) in [5.74, 6) is 0.868. The molecule has 2 fully saturated rings. The molecule has 0 aromatic carbocycles. The summed E-state index contributed by atoms with van der Waals surface area (Å²) in [7, 11) is -3.53. The van der Waals surface area contributed by atoms with Crippen LogP contribution in [0.15, 0.2) is 0 Å². The van der Waals surface area contributed by atoms with E-state index >= 15 is 0 Å². The van der Waals surface area contributed by atoms with Gasteiger partial charge >= 0.3 is 10.3 Å². The van der Waals surface area contributed by atoms with E-state index < -0.39 is 10.3 Å². The molecule has 1 aliphatic heterocycles. The van der Waals surface area contributed by atoms with Crippen LogP contribution in [0.4, 0.5) is 0 Å². The zero-order valence-electron chi connectivity index (χ0n) is 9.49. The summed E-state index contributed by atoms with van der Waals surface area (Å²) < 4.78 is 30.7. The molecule has 2 aliphatic rings. The molecule has 0 aromatic heterocycles. The Morgan fingerprint density at radius 1 is 1.33 bits per heavy atom. The van der Waals surface area contributed by atoms with E-state index in [9.17, 15) is 8.42 Å². The van der Waals surface area contributed by atoms with E-state index in [2.05, 4.69) is 11.6 Å². The lowest BCUT2D eigenvalue weighted by molar-refractivity contribution is 0.0102. The van der Waals surface area contributed by atoms with Crippen LogP contribution in [0.2, 0.25) is 0 Å². The number of hydrogen-bond acceptors (Lipinski definition) is 3. The van der Waals surface area contributed by atoms with Gasteiger partial charge in [-0.15, -0.1) is 0 Å². The van der Waals surface area contributed by atoms with E-state index in [1.807, 2.05) is 13.8 Å². The summed E-state index contributed by atoms with van der Waals surface area (Å²) in [4.78, 5) is 0. The fraction of sp³-hybridized carbons (Fsp3) is 1.00. The number of nitrogens with one attached hydrogen (secondary N) is 1. The van der Waals surface area contributed by atoms with Gasteiger partial charge in [0.1, 0.15) is 0 Å². The maximum Gasteiger partial charge on any atom is 0.336 e. The molecule has 1 heterocycles. The molecule has 1 N–H and O–H groups in total. The lowest BCUT2D eigenvalue weighted by Gasteiger charge is -2.47. The van der Waals surface area contributed by atoms with Crippen molar-refractivity contribution in [2.45, 2.75) is 51.7 Å². The summed E-state index contributed by atoms with van der Waals surface area (Å²) in [6, 6.07) is 0. The summed E-state index contributed by atoms with van der Waals surface area (Å²) in [6.07, 6.45) is 2.93. The predicted molar refractivity (Wildman–Crippen MR) is 57.5 cm³/mol. The third kappa shape index (κ3) is 2.19. The van der Waals surface area contributed by atoms with E-state index in [0.717, 1.165) is 19.3 Å². The second kappa shape index (κ2) is 3.43. The Kier molecular flexibility index (Phi) is 2.60. The Balaban J connectivity index is 2.25. The van der Waals surface area contributed by atoms with Crippen molar-refractivity contribution in [3.05, 3.63) is 0 Å². The summed E-state index contributed by atoms with van der Waals surface area (Å²) in [6.45, 7) is 6.04. The Morgan fingerprint density at radius 3 is 2.67 bits per heavy atom. The minimum Gasteiger partial charge on any atom is -0.254 e. The first-order chi connectivity index (χ1) is 6.80. The molecule has 0 bridgehead atoms. The smallest absolute Gasteiger partial charge is 0.254 e. The summed E-state index contributed by atoms with van der Waals surface area (Å²) in [5, 5.41) is 0. The predicted octanol–water partition coefficient (Wildman–Crippen LogP) is 1.43. The zero-order chi connectivity index (χ0) is 11.3. The van der Waals surface area contributed by atoms with E-state index in [1.54, 1.807) is 0 Å². The van der Waals surface area contributed by atoms with Crippen LogP contribution in [0.1, 0.15) is 40.0 Å². The topological polar surface area (TPSA) is 55.4 Å². The molecular formula is C10H19NO3S. The second-order valence-electron chi connectivity index (χ2n) is 5.44. The Hall–Kier alpha value is -0.130. The molecular weight excluding hydrogens is 214 g/mol. The van der Waals surface area contributed by atoms with E-state index in [4.69, 9.17) is 4.18 Å². The van der Waals surface area contributed by atoms with Gasteiger partial charge in [-0.05, 0) is 32.6 Å². The summed E-state index contributed by atoms with van der Waals surface area (Å²) >= 11 is 0. The van der Waals surface area contributed by atoms with E-state index in [-0.39, 0.29) is 11.6 Å². The van der Waals surface area contributed by atoms with Crippen molar-refractivity contribution in [2.24, 2.45) is 11.8 Å². The number of rotatable bonds is 0. The minimum absolute atomic E-state index is 0.130. The maximum absolute atomic E-state index is 11.5. The van der Waals surface area contributed by atoms with Crippen LogP contribution < -0.4 is 4.72 Å². The Morgan fingerprint density at radius 2 is 2.00 bits per heavy atom. The zero-order valence-corrected chi connectivity index (χ0v) is 10.3. The van der Waals surface area contributed by atoms with Gasteiger partial charge in [-0.2, -0.15) is 13.1 Å². The van der Waals surface area contributed by atoms with Crippen molar-refractivity contribution < 1.29 is 12.6 Å². The lowest BCUT2D eigenvalue weighted by Crippen LogP contribution is -2.60. The van der Waals surface area contributed by atoms with Crippen molar-refractivity contribution in [3.63, 3.8) is 0 Å². The molecule has 15 heavy (non-hydrogen) atoms. The molecule has 1 saturated heterocycles. The highest BCUT2D eigenvalue weighted by Gasteiger charge is 2.47. The SMILES string of the molecule is C[C@H]1CC[C@H]2[C@H](C1)OS(=O)(=O)NC2(C)C. The van der Waals surface area contributed by atoms with Crippen LogP contribution in [0, 0.1) is 11.8 Å². The van der Waals surface area contributed by atoms with Crippen molar-refractivity contribution in [3.8, 4) is 0 Å². The minimum atomic E-state index is -3.53. The molecule has 2 rings (SSSR count). The normalized spacial score (nSPS) is 43.3. The van der Waals surface area contributed by atoms with Crippen molar-refractivity contribution in [1.29, 1.82) is 0 Å². The highest BCUT2D eigenvalue weighted by atomic mass is 32.2. The van der Waals surface area contributed by atoms with Crippen LogP contribution in [0.25, 0.3) is 0 Å². The standard InChI is InChI=1S/C10H19NO3S/c1-7-4-5-8-9(6-7)14-15(12,13)11-10(8,2)3/h7-9,11H,4-6H2,1-3H3/t7-,8-,9-/m0/s1. The van der Waals surface area contributed by atoms with Crippen molar-refractivity contribution in [2.75, 3.05) is 0 Å². The van der Waals surface area contributed by atoms with Crippen LogP contribution in [-0.4, -0.2) is 20.1 Å². The van der Waals surface area contributed by atoms with Crippen LogP contribution >= 0.6 is 0 Å². The van der Waals surface area contributed by atoms with Gasteiger partial charge in [0.2, 0.25) is 0 Å². The molecule has 0 radical (unpaired) electrons. The third-order valence-corrected chi connectivity index (χ3v) is 4.90. The molecule has 3 atom stereocenters. The molecule has 0 amide bonds. The highest BCUT2D eigenvalue weighted by Crippen LogP contribution is 2.40. The Labute approximate surface area is 91.6 Å². The molecule has 0 spiro atoms. The van der Waals surface area contributed by atoms with Crippen molar-refractivity contribution in [1.82, 2.24) is 4.72 Å². The van der Waals surface area contributed by atoms with Gasteiger partial charge in [0.25, 0.3) is 0 Å². The first kappa shape index (κ1) is 11.4. The molecule has 0 unspecified atom stereocenters. The first-order valence-corrected chi connectivity index (χ1v) is 6.93. The summed E-state index contributed by atoms with van der Waals surface area (Å²) in [5.41, 5.74) is -0.373. The average Bonchev–Trinajstić information content (AvgIpc) is 1.97. The van der Waals surface area contributed by atoms with Crippen LogP contribution in [0.3, 0.4) is 0 Å². The van der Waals surface area contributed by atoms with E-state index in [1.165, 1.54) is 0 Å². The highest BCUT2D eigenvalue weighted by molar-refractivity contribution is 7.84. The quantitative estimate of drug-likeness (QED) is 0.688. The van der Waals surface area contributed by atoms with Gasteiger partial charge < -0.3 is 0 Å². The molecule has 5 heteroatoms. The van der Waals surface area contributed by atoms with Gasteiger partial charge in [0, 0.05) is 11.5 Å².